The van der Waals surface area contributed by atoms with Crippen LogP contribution in [0.25, 0.3) is 0 Å². The Morgan fingerprint density at radius 3 is 2.88 bits per heavy atom. The maximum Gasteiger partial charge on any atom is 0.246 e. The summed E-state index contributed by atoms with van der Waals surface area (Å²) in [6, 6.07) is 8.84. The van der Waals surface area contributed by atoms with Gasteiger partial charge < -0.3 is 9.42 Å². The third kappa shape index (κ3) is 3.95. The van der Waals surface area contributed by atoms with Crippen LogP contribution in [0.3, 0.4) is 0 Å². The second kappa shape index (κ2) is 6.93. The molecule has 0 bridgehead atoms. The Balaban J connectivity index is 1.83. The van der Waals surface area contributed by atoms with Crippen molar-refractivity contribution in [2.75, 3.05) is 11.2 Å². The minimum Gasteiger partial charge on any atom is -0.359 e. The minimum absolute atomic E-state index is 0.189. The van der Waals surface area contributed by atoms with Crippen molar-refractivity contribution >= 4 is 15.5 Å². The van der Waals surface area contributed by atoms with E-state index in [0.29, 0.717) is 18.5 Å². The molecule has 0 saturated heterocycles. The second-order valence-electron chi connectivity index (χ2n) is 6.41. The quantitative estimate of drug-likeness (QED) is 0.798. The number of aromatic nitrogens is 2. The number of sulfone groups is 1. The molecule has 1 atom stereocenters. The lowest BCUT2D eigenvalue weighted by atomic mass is 9.93. The molecule has 6 nitrogen and oxygen atoms in total. The lowest BCUT2D eigenvalue weighted by molar-refractivity contribution is 0.361. The second-order valence-corrected chi connectivity index (χ2v) is 8.55. The summed E-state index contributed by atoms with van der Waals surface area (Å²) in [5.41, 5.74) is 2.55. The summed E-state index contributed by atoms with van der Waals surface area (Å²) in [4.78, 5) is 6.58. The Morgan fingerprint density at radius 2 is 2.12 bits per heavy atom. The van der Waals surface area contributed by atoms with Crippen LogP contribution in [-0.2, 0) is 28.6 Å². The van der Waals surface area contributed by atoms with Gasteiger partial charge in [0.1, 0.15) is 5.75 Å². The van der Waals surface area contributed by atoms with E-state index in [1.165, 1.54) is 17.5 Å². The fourth-order valence-electron chi connectivity index (χ4n) is 3.32. The van der Waals surface area contributed by atoms with Crippen molar-refractivity contribution in [1.29, 1.82) is 0 Å². The van der Waals surface area contributed by atoms with Crippen molar-refractivity contribution < 1.29 is 12.9 Å². The standard InChI is InChI=1S/C17H23N3O3S/c1-3-6-14-10-9-13-7-4-5-8-15(13)20(14)11-17-18-16(19-23-17)12-24(2,21)22/h4-5,7-8,14H,3,6,9-12H2,1-2H3. The zero-order chi connectivity index (χ0) is 17.2. The molecule has 1 aliphatic heterocycles. The van der Waals surface area contributed by atoms with Crippen LogP contribution in [0, 0.1) is 0 Å². The largest absolute Gasteiger partial charge is 0.359 e. The molecule has 0 aliphatic carbocycles. The van der Waals surface area contributed by atoms with Crippen LogP contribution >= 0.6 is 0 Å². The third-order valence-electron chi connectivity index (χ3n) is 4.32. The number of anilines is 1. The summed E-state index contributed by atoms with van der Waals surface area (Å²) in [6.45, 7) is 2.70. The zero-order valence-electron chi connectivity index (χ0n) is 14.1. The highest BCUT2D eigenvalue weighted by Gasteiger charge is 2.27. The Labute approximate surface area is 142 Å². The van der Waals surface area contributed by atoms with Crippen molar-refractivity contribution in [1.82, 2.24) is 10.1 Å². The van der Waals surface area contributed by atoms with Gasteiger partial charge in [0.05, 0.1) is 6.54 Å². The first kappa shape index (κ1) is 17.0. The van der Waals surface area contributed by atoms with E-state index in [9.17, 15) is 8.42 Å². The van der Waals surface area contributed by atoms with Crippen LogP contribution in [-0.4, -0.2) is 30.9 Å². The Morgan fingerprint density at radius 1 is 1.33 bits per heavy atom. The van der Waals surface area contributed by atoms with E-state index in [0.717, 1.165) is 25.7 Å². The number of rotatable bonds is 6. The fourth-order valence-corrected chi connectivity index (χ4v) is 3.90. The van der Waals surface area contributed by atoms with Crippen molar-refractivity contribution in [2.24, 2.45) is 0 Å². The van der Waals surface area contributed by atoms with Gasteiger partial charge in [-0.2, -0.15) is 4.98 Å². The monoisotopic (exact) mass is 349 g/mol. The third-order valence-corrected chi connectivity index (χ3v) is 5.10. The zero-order valence-corrected chi connectivity index (χ0v) is 14.9. The highest BCUT2D eigenvalue weighted by Crippen LogP contribution is 2.33. The molecule has 7 heteroatoms. The van der Waals surface area contributed by atoms with Gasteiger partial charge in [-0.25, -0.2) is 8.42 Å². The van der Waals surface area contributed by atoms with Gasteiger partial charge in [0.2, 0.25) is 5.89 Å². The summed E-state index contributed by atoms with van der Waals surface area (Å²) in [7, 11) is -3.16. The van der Waals surface area contributed by atoms with E-state index >= 15 is 0 Å². The first-order chi connectivity index (χ1) is 11.5. The van der Waals surface area contributed by atoms with E-state index in [1.54, 1.807) is 0 Å². The molecule has 0 fully saturated rings. The molecule has 3 rings (SSSR count). The topological polar surface area (TPSA) is 76.3 Å². The predicted octanol–water partition coefficient (Wildman–Crippen LogP) is 2.74. The van der Waals surface area contributed by atoms with Crippen LogP contribution in [0.2, 0.25) is 0 Å². The Bertz CT molecular complexity index is 801. The first-order valence-corrected chi connectivity index (χ1v) is 10.4. The summed E-state index contributed by atoms with van der Waals surface area (Å²) >= 11 is 0. The maximum atomic E-state index is 11.4. The summed E-state index contributed by atoms with van der Waals surface area (Å²) < 4.78 is 28.0. The lowest BCUT2D eigenvalue weighted by Gasteiger charge is -2.38. The smallest absolute Gasteiger partial charge is 0.246 e. The van der Waals surface area contributed by atoms with E-state index in [2.05, 4.69) is 40.2 Å². The van der Waals surface area contributed by atoms with E-state index in [1.807, 2.05) is 6.07 Å². The van der Waals surface area contributed by atoms with Crippen LogP contribution in [0.5, 0.6) is 0 Å². The summed E-state index contributed by atoms with van der Waals surface area (Å²) in [5.74, 6) is 0.502. The summed E-state index contributed by atoms with van der Waals surface area (Å²) in [6.07, 6.45) is 5.59. The van der Waals surface area contributed by atoms with Crippen molar-refractivity contribution in [3.63, 3.8) is 0 Å². The van der Waals surface area contributed by atoms with Gasteiger partial charge in [-0.3, -0.25) is 0 Å². The normalized spacial score (nSPS) is 17.8. The number of hydrogen-bond acceptors (Lipinski definition) is 6. The van der Waals surface area contributed by atoms with Gasteiger partial charge in [-0.15, -0.1) is 0 Å². The van der Waals surface area contributed by atoms with Crippen LogP contribution in [0.4, 0.5) is 5.69 Å². The molecule has 24 heavy (non-hydrogen) atoms. The fraction of sp³-hybridized carbons (Fsp3) is 0.529. The highest BCUT2D eigenvalue weighted by atomic mass is 32.2. The molecule has 2 aromatic rings. The van der Waals surface area contributed by atoms with Gasteiger partial charge in [-0.05, 0) is 30.9 Å². The molecule has 1 aliphatic rings. The average Bonchev–Trinajstić information content (AvgIpc) is 2.95. The predicted molar refractivity (Wildman–Crippen MR) is 92.5 cm³/mol. The van der Waals surface area contributed by atoms with Crippen LogP contribution < -0.4 is 4.90 Å². The molecule has 0 spiro atoms. The molecule has 0 amide bonds. The highest BCUT2D eigenvalue weighted by molar-refractivity contribution is 7.89. The molecule has 0 saturated carbocycles. The SMILES string of the molecule is CCCC1CCc2ccccc2N1Cc1nc(CS(C)(=O)=O)no1. The number of nitrogens with zero attached hydrogens (tertiary/aromatic N) is 3. The molecule has 1 aromatic heterocycles. The number of fused-ring (bicyclic) bond motifs is 1. The van der Waals surface area contributed by atoms with Gasteiger partial charge in [0, 0.05) is 18.0 Å². The molecular formula is C17H23N3O3S. The number of hydrogen-bond donors (Lipinski definition) is 0. The number of para-hydroxylation sites is 1. The first-order valence-electron chi connectivity index (χ1n) is 8.30. The average molecular weight is 349 g/mol. The minimum atomic E-state index is -3.16. The number of aryl methyl sites for hydroxylation is 1. The molecule has 130 valence electrons. The van der Waals surface area contributed by atoms with Gasteiger partial charge in [0.15, 0.2) is 15.7 Å². The molecule has 0 radical (unpaired) electrons. The van der Waals surface area contributed by atoms with Crippen molar-refractivity contribution in [2.45, 2.75) is 50.9 Å². The molecular weight excluding hydrogens is 326 g/mol. The maximum absolute atomic E-state index is 11.4. The van der Waals surface area contributed by atoms with Crippen molar-refractivity contribution in [3.8, 4) is 0 Å². The van der Waals surface area contributed by atoms with Crippen LogP contribution in [0.15, 0.2) is 28.8 Å². The lowest BCUT2D eigenvalue weighted by Crippen LogP contribution is -2.38. The van der Waals surface area contributed by atoms with Crippen LogP contribution in [0.1, 0.15) is 43.5 Å². The molecule has 1 unspecified atom stereocenters. The van der Waals surface area contributed by atoms with Gasteiger partial charge in [-0.1, -0.05) is 36.7 Å². The van der Waals surface area contributed by atoms with Gasteiger partial charge in [0.25, 0.3) is 0 Å². The summed E-state index contributed by atoms with van der Waals surface area (Å²) in [5, 5.41) is 3.80. The van der Waals surface area contributed by atoms with E-state index < -0.39 is 9.84 Å². The molecule has 2 heterocycles. The Kier molecular flexibility index (Phi) is 4.89. The Hall–Kier alpha value is -1.89. The molecule has 1 aromatic carbocycles. The van der Waals surface area contributed by atoms with Crippen molar-refractivity contribution in [3.05, 3.63) is 41.5 Å². The van der Waals surface area contributed by atoms with Gasteiger partial charge >= 0.3 is 0 Å². The molecule has 0 N–H and O–H groups in total. The van der Waals surface area contributed by atoms with E-state index in [-0.39, 0.29) is 11.6 Å². The number of benzene rings is 1. The van der Waals surface area contributed by atoms with E-state index in [4.69, 9.17) is 4.52 Å².